The van der Waals surface area contributed by atoms with Crippen LogP contribution in [-0.4, -0.2) is 23.9 Å². The molecule has 0 aromatic heterocycles. The molecule has 1 aliphatic heterocycles. The Morgan fingerprint density at radius 3 is 2.81 bits per heavy atom. The van der Waals surface area contributed by atoms with Crippen molar-refractivity contribution in [2.24, 2.45) is 5.92 Å². The van der Waals surface area contributed by atoms with Gasteiger partial charge in [-0.1, -0.05) is 36.4 Å². The van der Waals surface area contributed by atoms with Gasteiger partial charge < -0.3 is 4.90 Å². The summed E-state index contributed by atoms with van der Waals surface area (Å²) in [7, 11) is 0. The molecule has 2 nitrogen and oxygen atoms in total. The second kappa shape index (κ2) is 4.71. The lowest BCUT2D eigenvalue weighted by Gasteiger charge is -2.38. The number of nitrogens with zero attached hydrogens (tertiary/aromatic N) is 1. The van der Waals surface area contributed by atoms with Crippen LogP contribution in [-0.2, 0) is 11.2 Å². The highest BCUT2D eigenvalue weighted by Gasteiger charge is 2.29. The average Bonchev–Trinajstić information content (AvgIpc) is 2.24. The van der Waals surface area contributed by atoms with Gasteiger partial charge in [-0.25, -0.2) is 0 Å². The molecule has 1 fully saturated rings. The molecule has 2 rings (SSSR count). The van der Waals surface area contributed by atoms with Crippen LogP contribution < -0.4 is 0 Å². The highest BCUT2D eigenvalue weighted by Crippen LogP contribution is 2.24. The fourth-order valence-corrected chi connectivity index (χ4v) is 2.20. The predicted molar refractivity (Wildman–Crippen MR) is 65.4 cm³/mol. The third-order valence-electron chi connectivity index (χ3n) is 2.91. The summed E-state index contributed by atoms with van der Waals surface area (Å²) in [4.78, 5) is 13.0. The summed E-state index contributed by atoms with van der Waals surface area (Å²) in [5.74, 6) is 0.555. The Balaban J connectivity index is 1.88. The molecular weight excluding hydrogens is 222 g/mol. The number of amides is 1. The zero-order chi connectivity index (χ0) is 11.5. The van der Waals surface area contributed by atoms with E-state index in [0.717, 1.165) is 24.5 Å². The van der Waals surface area contributed by atoms with Gasteiger partial charge in [-0.05, 0) is 30.0 Å². The molecule has 0 unspecified atom stereocenters. The quantitative estimate of drug-likeness (QED) is 0.738. The first-order valence-corrected chi connectivity index (χ1v) is 5.73. The van der Waals surface area contributed by atoms with Crippen LogP contribution in [0.15, 0.2) is 36.9 Å². The SMILES string of the molecule is C=CC(=O)N1CC(Cc2ccccc2Cl)C1. The van der Waals surface area contributed by atoms with Crippen molar-refractivity contribution in [3.05, 3.63) is 47.5 Å². The van der Waals surface area contributed by atoms with E-state index in [-0.39, 0.29) is 5.91 Å². The summed E-state index contributed by atoms with van der Waals surface area (Å²) >= 11 is 6.08. The second-order valence-electron chi connectivity index (χ2n) is 4.11. The molecule has 1 heterocycles. The third kappa shape index (κ3) is 2.27. The minimum absolute atomic E-state index is 0.0235. The van der Waals surface area contributed by atoms with Crippen molar-refractivity contribution in [3.8, 4) is 0 Å². The molecule has 16 heavy (non-hydrogen) atoms. The Labute approximate surface area is 101 Å². The smallest absolute Gasteiger partial charge is 0.245 e. The van der Waals surface area contributed by atoms with E-state index >= 15 is 0 Å². The van der Waals surface area contributed by atoms with Crippen LogP contribution in [0, 0.1) is 5.92 Å². The van der Waals surface area contributed by atoms with Gasteiger partial charge in [0.05, 0.1) is 0 Å². The fraction of sp³-hybridized carbons (Fsp3) is 0.308. The minimum atomic E-state index is 0.0235. The number of rotatable bonds is 3. The first-order valence-electron chi connectivity index (χ1n) is 5.35. The number of carbonyl (C=O) groups excluding carboxylic acids is 1. The number of likely N-dealkylation sites (tertiary alicyclic amines) is 1. The predicted octanol–water partition coefficient (Wildman–Crippen LogP) is 2.53. The Kier molecular flexibility index (Phi) is 3.30. The number of hydrogen-bond acceptors (Lipinski definition) is 1. The van der Waals surface area contributed by atoms with E-state index in [0.29, 0.717) is 5.92 Å². The summed E-state index contributed by atoms with van der Waals surface area (Å²) in [6.07, 6.45) is 2.31. The van der Waals surface area contributed by atoms with Crippen molar-refractivity contribution < 1.29 is 4.79 Å². The van der Waals surface area contributed by atoms with E-state index in [1.165, 1.54) is 11.6 Å². The van der Waals surface area contributed by atoms with Crippen molar-refractivity contribution in [2.75, 3.05) is 13.1 Å². The third-order valence-corrected chi connectivity index (χ3v) is 3.28. The van der Waals surface area contributed by atoms with Gasteiger partial charge >= 0.3 is 0 Å². The summed E-state index contributed by atoms with van der Waals surface area (Å²) in [6, 6.07) is 7.87. The van der Waals surface area contributed by atoms with Gasteiger partial charge in [0.25, 0.3) is 0 Å². The van der Waals surface area contributed by atoms with E-state index in [4.69, 9.17) is 11.6 Å². The maximum atomic E-state index is 11.2. The summed E-state index contributed by atoms with van der Waals surface area (Å²) in [5.41, 5.74) is 1.17. The molecule has 0 saturated carbocycles. The van der Waals surface area contributed by atoms with Crippen molar-refractivity contribution in [3.63, 3.8) is 0 Å². The van der Waals surface area contributed by atoms with Crippen LogP contribution in [0.25, 0.3) is 0 Å². The summed E-state index contributed by atoms with van der Waals surface area (Å²) in [5, 5.41) is 0.816. The largest absolute Gasteiger partial charge is 0.338 e. The molecule has 1 amide bonds. The number of carbonyl (C=O) groups is 1. The first kappa shape index (κ1) is 11.2. The Morgan fingerprint density at radius 1 is 1.50 bits per heavy atom. The van der Waals surface area contributed by atoms with Gasteiger partial charge in [-0.3, -0.25) is 4.79 Å². The molecule has 3 heteroatoms. The molecule has 0 spiro atoms. The summed E-state index contributed by atoms with van der Waals surface area (Å²) in [6.45, 7) is 5.11. The fourth-order valence-electron chi connectivity index (χ4n) is 1.98. The molecule has 1 aliphatic rings. The molecule has 0 bridgehead atoms. The van der Waals surface area contributed by atoms with Crippen LogP contribution in [0.5, 0.6) is 0 Å². The minimum Gasteiger partial charge on any atom is -0.338 e. The monoisotopic (exact) mass is 235 g/mol. The van der Waals surface area contributed by atoms with E-state index in [2.05, 4.69) is 6.58 Å². The van der Waals surface area contributed by atoms with E-state index in [1.54, 1.807) is 4.90 Å². The zero-order valence-electron chi connectivity index (χ0n) is 9.03. The molecule has 1 aromatic carbocycles. The standard InChI is InChI=1S/C13H14ClNO/c1-2-13(16)15-8-10(9-15)7-11-5-3-4-6-12(11)14/h2-6,10H,1,7-9H2. The molecule has 1 saturated heterocycles. The normalized spacial score (nSPS) is 15.7. The highest BCUT2D eigenvalue weighted by atomic mass is 35.5. The van der Waals surface area contributed by atoms with Gasteiger partial charge in [0.15, 0.2) is 0 Å². The zero-order valence-corrected chi connectivity index (χ0v) is 9.78. The van der Waals surface area contributed by atoms with E-state index in [9.17, 15) is 4.79 Å². The van der Waals surface area contributed by atoms with E-state index in [1.807, 2.05) is 24.3 Å². The number of halogens is 1. The van der Waals surface area contributed by atoms with Gasteiger partial charge in [-0.15, -0.1) is 0 Å². The van der Waals surface area contributed by atoms with Gasteiger partial charge in [-0.2, -0.15) is 0 Å². The lowest BCUT2D eigenvalue weighted by molar-refractivity contribution is -0.132. The van der Waals surface area contributed by atoms with Gasteiger partial charge in [0.1, 0.15) is 0 Å². The van der Waals surface area contributed by atoms with Crippen LogP contribution in [0.4, 0.5) is 0 Å². The van der Waals surface area contributed by atoms with Crippen LogP contribution in [0.2, 0.25) is 5.02 Å². The molecular formula is C13H14ClNO. The topological polar surface area (TPSA) is 20.3 Å². The van der Waals surface area contributed by atoms with Crippen LogP contribution in [0.1, 0.15) is 5.56 Å². The maximum absolute atomic E-state index is 11.2. The Bertz CT molecular complexity index is 410. The molecule has 84 valence electrons. The summed E-state index contributed by atoms with van der Waals surface area (Å²) < 4.78 is 0. The van der Waals surface area contributed by atoms with Crippen LogP contribution in [0.3, 0.4) is 0 Å². The maximum Gasteiger partial charge on any atom is 0.245 e. The second-order valence-corrected chi connectivity index (χ2v) is 4.52. The van der Waals surface area contributed by atoms with Gasteiger partial charge in [0, 0.05) is 18.1 Å². The van der Waals surface area contributed by atoms with Crippen molar-refractivity contribution >= 4 is 17.5 Å². The first-order chi connectivity index (χ1) is 7.70. The van der Waals surface area contributed by atoms with Crippen molar-refractivity contribution in [1.29, 1.82) is 0 Å². The number of hydrogen-bond donors (Lipinski definition) is 0. The molecule has 0 N–H and O–H groups in total. The van der Waals surface area contributed by atoms with Crippen molar-refractivity contribution in [2.45, 2.75) is 6.42 Å². The molecule has 0 radical (unpaired) electrons. The lowest BCUT2D eigenvalue weighted by atomic mass is 9.92. The lowest BCUT2D eigenvalue weighted by Crippen LogP contribution is -2.50. The Hall–Kier alpha value is -1.28. The molecule has 1 aromatic rings. The molecule has 0 atom stereocenters. The van der Waals surface area contributed by atoms with Crippen molar-refractivity contribution in [1.82, 2.24) is 4.90 Å². The van der Waals surface area contributed by atoms with Gasteiger partial charge in [0.2, 0.25) is 5.91 Å². The number of benzene rings is 1. The Morgan fingerprint density at radius 2 is 2.19 bits per heavy atom. The molecule has 0 aliphatic carbocycles. The van der Waals surface area contributed by atoms with Crippen LogP contribution >= 0.6 is 11.6 Å². The van der Waals surface area contributed by atoms with E-state index < -0.39 is 0 Å². The average molecular weight is 236 g/mol. The highest BCUT2D eigenvalue weighted by molar-refractivity contribution is 6.31.